The first-order valence-electron chi connectivity index (χ1n) is 6.84. The molecular weight excluding hydrogens is 250 g/mol. The maximum Gasteiger partial charge on any atom is 0.202 e. The van der Waals surface area contributed by atoms with Gasteiger partial charge in [0.25, 0.3) is 0 Å². The SMILES string of the molecule is CCc1nn(C)c2c1nc(N)n2Cc1ccccc1C. The van der Waals surface area contributed by atoms with E-state index in [0.29, 0.717) is 5.95 Å². The zero-order valence-electron chi connectivity index (χ0n) is 12.1. The summed E-state index contributed by atoms with van der Waals surface area (Å²) in [6.07, 6.45) is 0.859. The van der Waals surface area contributed by atoms with E-state index in [2.05, 4.69) is 36.1 Å². The fraction of sp³-hybridized carbons (Fsp3) is 0.333. The minimum atomic E-state index is 0.547. The number of hydrogen-bond donors (Lipinski definition) is 1. The van der Waals surface area contributed by atoms with E-state index < -0.39 is 0 Å². The molecule has 0 saturated heterocycles. The molecule has 0 radical (unpaired) electrons. The first-order valence-corrected chi connectivity index (χ1v) is 6.84. The molecule has 0 fully saturated rings. The van der Waals surface area contributed by atoms with Crippen LogP contribution in [0.3, 0.4) is 0 Å². The first kappa shape index (κ1) is 12.7. The third kappa shape index (κ3) is 1.86. The molecule has 0 atom stereocenters. The smallest absolute Gasteiger partial charge is 0.202 e. The number of anilines is 1. The topological polar surface area (TPSA) is 61.7 Å². The Balaban J connectivity index is 2.14. The fourth-order valence-electron chi connectivity index (χ4n) is 2.61. The number of nitrogens with two attached hydrogens (primary N) is 1. The number of aryl methyl sites for hydroxylation is 3. The third-order valence-corrected chi connectivity index (χ3v) is 3.75. The third-order valence-electron chi connectivity index (χ3n) is 3.75. The summed E-state index contributed by atoms with van der Waals surface area (Å²) < 4.78 is 3.90. The number of rotatable bonds is 3. The van der Waals surface area contributed by atoms with Crippen molar-refractivity contribution in [3.63, 3.8) is 0 Å². The standard InChI is InChI=1S/C15H19N5/c1-4-12-13-14(19(3)18-12)20(15(16)17-13)9-11-8-6-5-7-10(11)2/h5-8H,4,9H2,1-3H3,(H2,16,17). The van der Waals surface area contributed by atoms with Crippen molar-refractivity contribution in [2.75, 3.05) is 5.73 Å². The fourth-order valence-corrected chi connectivity index (χ4v) is 2.61. The predicted octanol–water partition coefficient (Wildman–Crippen LogP) is 2.27. The Bertz CT molecular complexity index is 766. The van der Waals surface area contributed by atoms with Gasteiger partial charge in [0.05, 0.1) is 12.2 Å². The lowest BCUT2D eigenvalue weighted by molar-refractivity contribution is 0.718. The van der Waals surface area contributed by atoms with E-state index in [4.69, 9.17) is 5.73 Å². The van der Waals surface area contributed by atoms with Crippen LogP contribution in [-0.2, 0) is 20.0 Å². The molecule has 2 N–H and O–H groups in total. The zero-order chi connectivity index (χ0) is 14.3. The first-order chi connectivity index (χ1) is 9.61. The highest BCUT2D eigenvalue weighted by atomic mass is 15.3. The molecule has 5 heteroatoms. The van der Waals surface area contributed by atoms with Crippen molar-refractivity contribution in [3.05, 3.63) is 41.1 Å². The van der Waals surface area contributed by atoms with Gasteiger partial charge in [-0.3, -0.25) is 9.25 Å². The molecule has 1 aromatic carbocycles. The lowest BCUT2D eigenvalue weighted by Gasteiger charge is -2.09. The molecule has 2 heterocycles. The van der Waals surface area contributed by atoms with Crippen molar-refractivity contribution in [2.45, 2.75) is 26.8 Å². The van der Waals surface area contributed by atoms with Gasteiger partial charge in [0.15, 0.2) is 5.65 Å². The molecule has 0 bridgehead atoms. The zero-order valence-corrected chi connectivity index (χ0v) is 12.1. The van der Waals surface area contributed by atoms with Gasteiger partial charge in [-0.1, -0.05) is 31.2 Å². The highest BCUT2D eigenvalue weighted by Crippen LogP contribution is 2.23. The monoisotopic (exact) mass is 269 g/mol. The number of nitrogen functional groups attached to an aromatic ring is 1. The van der Waals surface area contributed by atoms with E-state index >= 15 is 0 Å². The summed E-state index contributed by atoms with van der Waals surface area (Å²) in [7, 11) is 1.94. The predicted molar refractivity (Wildman–Crippen MR) is 80.6 cm³/mol. The lowest BCUT2D eigenvalue weighted by Crippen LogP contribution is -2.08. The summed E-state index contributed by atoms with van der Waals surface area (Å²) in [4.78, 5) is 4.49. The summed E-state index contributed by atoms with van der Waals surface area (Å²) in [5, 5.41) is 4.51. The van der Waals surface area contributed by atoms with Crippen LogP contribution in [0.4, 0.5) is 5.95 Å². The normalized spacial score (nSPS) is 11.3. The summed E-state index contributed by atoms with van der Waals surface area (Å²) >= 11 is 0. The Hall–Kier alpha value is -2.30. The molecule has 104 valence electrons. The lowest BCUT2D eigenvalue weighted by atomic mass is 10.1. The number of imidazole rings is 1. The quantitative estimate of drug-likeness (QED) is 0.793. The number of aromatic nitrogens is 4. The van der Waals surface area contributed by atoms with Crippen LogP contribution in [-0.4, -0.2) is 19.3 Å². The average molecular weight is 269 g/mol. The van der Waals surface area contributed by atoms with E-state index in [-0.39, 0.29) is 0 Å². The van der Waals surface area contributed by atoms with Crippen LogP contribution in [0.1, 0.15) is 23.7 Å². The molecule has 20 heavy (non-hydrogen) atoms. The second-order valence-electron chi connectivity index (χ2n) is 5.08. The molecule has 0 aliphatic heterocycles. The van der Waals surface area contributed by atoms with Crippen LogP contribution in [0.2, 0.25) is 0 Å². The maximum atomic E-state index is 6.10. The number of hydrogen-bond acceptors (Lipinski definition) is 3. The van der Waals surface area contributed by atoms with Crippen LogP contribution in [0.25, 0.3) is 11.2 Å². The highest BCUT2D eigenvalue weighted by Gasteiger charge is 2.17. The minimum Gasteiger partial charge on any atom is -0.369 e. The van der Waals surface area contributed by atoms with E-state index in [0.717, 1.165) is 29.8 Å². The molecule has 0 saturated carbocycles. The van der Waals surface area contributed by atoms with Crippen molar-refractivity contribution < 1.29 is 0 Å². The van der Waals surface area contributed by atoms with E-state index in [1.165, 1.54) is 11.1 Å². The molecule has 2 aromatic heterocycles. The van der Waals surface area contributed by atoms with Crippen LogP contribution in [0, 0.1) is 6.92 Å². The average Bonchev–Trinajstić information content (AvgIpc) is 2.91. The number of benzene rings is 1. The molecule has 0 aliphatic rings. The highest BCUT2D eigenvalue weighted by molar-refractivity contribution is 5.77. The van der Waals surface area contributed by atoms with Gasteiger partial charge in [0.2, 0.25) is 5.95 Å². The Morgan fingerprint density at radius 2 is 2.00 bits per heavy atom. The molecular formula is C15H19N5. The Kier molecular flexibility index (Phi) is 2.97. The Labute approximate surface area is 118 Å². The second-order valence-corrected chi connectivity index (χ2v) is 5.08. The van der Waals surface area contributed by atoms with Gasteiger partial charge in [-0.15, -0.1) is 0 Å². The number of fused-ring (bicyclic) bond motifs is 1. The Morgan fingerprint density at radius 1 is 1.25 bits per heavy atom. The van der Waals surface area contributed by atoms with Gasteiger partial charge in [-0.25, -0.2) is 4.98 Å². The van der Waals surface area contributed by atoms with Crippen molar-refractivity contribution >= 4 is 17.1 Å². The Morgan fingerprint density at radius 3 is 2.70 bits per heavy atom. The van der Waals surface area contributed by atoms with Crippen molar-refractivity contribution in [2.24, 2.45) is 7.05 Å². The molecule has 0 spiro atoms. The summed E-state index contributed by atoms with van der Waals surface area (Å²) in [5.41, 5.74) is 11.5. The molecule has 5 nitrogen and oxygen atoms in total. The van der Waals surface area contributed by atoms with Crippen LogP contribution >= 0.6 is 0 Å². The van der Waals surface area contributed by atoms with Crippen molar-refractivity contribution in [1.82, 2.24) is 19.3 Å². The van der Waals surface area contributed by atoms with E-state index in [1.54, 1.807) is 0 Å². The summed E-state index contributed by atoms with van der Waals surface area (Å²) in [6.45, 7) is 4.91. The van der Waals surface area contributed by atoms with Crippen molar-refractivity contribution in [1.29, 1.82) is 0 Å². The van der Waals surface area contributed by atoms with Gasteiger partial charge >= 0.3 is 0 Å². The van der Waals surface area contributed by atoms with E-state index in [9.17, 15) is 0 Å². The molecule has 0 aliphatic carbocycles. The van der Waals surface area contributed by atoms with Crippen molar-refractivity contribution in [3.8, 4) is 0 Å². The van der Waals surface area contributed by atoms with Crippen LogP contribution < -0.4 is 5.73 Å². The van der Waals surface area contributed by atoms with Gasteiger partial charge in [0, 0.05) is 7.05 Å². The van der Waals surface area contributed by atoms with Crippen LogP contribution in [0.15, 0.2) is 24.3 Å². The number of nitrogens with zero attached hydrogens (tertiary/aromatic N) is 4. The van der Waals surface area contributed by atoms with E-state index in [1.807, 2.05) is 28.4 Å². The van der Waals surface area contributed by atoms with Gasteiger partial charge in [-0.05, 0) is 24.5 Å². The van der Waals surface area contributed by atoms with Gasteiger partial charge < -0.3 is 5.73 Å². The van der Waals surface area contributed by atoms with Gasteiger partial charge in [0.1, 0.15) is 5.52 Å². The molecule has 3 rings (SSSR count). The molecule has 0 amide bonds. The van der Waals surface area contributed by atoms with Gasteiger partial charge in [-0.2, -0.15) is 5.10 Å². The second kappa shape index (κ2) is 4.67. The largest absolute Gasteiger partial charge is 0.369 e. The summed E-state index contributed by atoms with van der Waals surface area (Å²) in [6, 6.07) is 8.33. The minimum absolute atomic E-state index is 0.547. The van der Waals surface area contributed by atoms with Crippen LogP contribution in [0.5, 0.6) is 0 Å². The summed E-state index contributed by atoms with van der Waals surface area (Å²) in [5.74, 6) is 0.547. The molecule has 3 aromatic rings. The maximum absolute atomic E-state index is 6.10. The molecule has 0 unspecified atom stereocenters.